The van der Waals surface area contributed by atoms with E-state index in [-0.39, 0.29) is 23.5 Å². The number of hydrogen-bond acceptors (Lipinski definition) is 5. The zero-order valence-electron chi connectivity index (χ0n) is 20.7. The quantitative estimate of drug-likeness (QED) is 0.392. The van der Waals surface area contributed by atoms with Crippen LogP contribution in [0.1, 0.15) is 88.0 Å². The third-order valence-corrected chi connectivity index (χ3v) is 7.51. The van der Waals surface area contributed by atoms with Gasteiger partial charge >= 0.3 is 0 Å². The van der Waals surface area contributed by atoms with Gasteiger partial charge in [-0.15, -0.1) is 0 Å². The number of nitrogens with two attached hydrogens (primary N) is 1. The largest absolute Gasteiger partial charge is 0.381 e. The number of nitrogens with one attached hydrogen (secondary N) is 2. The number of nitrogen functional groups attached to an aromatic ring is 1. The zero-order chi connectivity index (χ0) is 24.2. The van der Waals surface area contributed by atoms with Gasteiger partial charge in [-0.2, -0.15) is 0 Å². The van der Waals surface area contributed by atoms with Crippen LogP contribution in [0.3, 0.4) is 0 Å². The van der Waals surface area contributed by atoms with Crippen molar-refractivity contribution >= 4 is 17.4 Å². The summed E-state index contributed by atoms with van der Waals surface area (Å²) >= 11 is 0. The monoisotopic (exact) mass is 462 g/mol. The third kappa shape index (κ3) is 5.14. The smallest absolute Gasteiger partial charge is 0.228 e. The fourth-order valence-electron chi connectivity index (χ4n) is 5.81. The molecule has 4 unspecified atom stereocenters. The number of anilines is 1. The average Bonchev–Trinajstić information content (AvgIpc) is 2.81. The molecule has 1 aromatic heterocycles. The molecule has 4 rings (SSSR count). The van der Waals surface area contributed by atoms with Gasteiger partial charge in [0.2, 0.25) is 5.91 Å². The maximum absolute atomic E-state index is 13.0. The lowest BCUT2D eigenvalue weighted by atomic mass is 9.82. The van der Waals surface area contributed by atoms with E-state index >= 15 is 0 Å². The molecule has 4 atom stereocenters. The molecule has 2 aliphatic rings. The van der Waals surface area contributed by atoms with E-state index in [2.05, 4.69) is 53.1 Å². The van der Waals surface area contributed by atoms with Gasteiger partial charge in [0.1, 0.15) is 0 Å². The zero-order valence-corrected chi connectivity index (χ0v) is 20.7. The molecule has 1 saturated heterocycles. The van der Waals surface area contributed by atoms with Gasteiger partial charge in [0, 0.05) is 48.0 Å². The summed E-state index contributed by atoms with van der Waals surface area (Å²) in [7, 11) is 0. The van der Waals surface area contributed by atoms with Crippen molar-refractivity contribution in [2.45, 2.75) is 90.3 Å². The van der Waals surface area contributed by atoms with Gasteiger partial charge in [-0.3, -0.25) is 15.1 Å². The molecule has 2 aromatic rings. The topological polar surface area (TPSA) is 108 Å². The molecule has 1 fully saturated rings. The van der Waals surface area contributed by atoms with Crippen LogP contribution in [0, 0.1) is 11.3 Å². The molecule has 4 N–H and O–H groups in total. The molecular formula is C27H38N6O. The molecule has 0 aliphatic carbocycles. The van der Waals surface area contributed by atoms with Crippen molar-refractivity contribution in [1.82, 2.24) is 14.9 Å². The summed E-state index contributed by atoms with van der Waals surface area (Å²) in [4.78, 5) is 24.2. The Morgan fingerprint density at radius 2 is 2.03 bits per heavy atom. The lowest BCUT2D eigenvalue weighted by molar-refractivity contribution is -0.120. The molecular weight excluding hydrogens is 424 g/mol. The van der Waals surface area contributed by atoms with E-state index in [1.807, 2.05) is 12.1 Å². The Bertz CT molecular complexity index is 1030. The van der Waals surface area contributed by atoms with Gasteiger partial charge < -0.3 is 11.1 Å². The molecule has 0 bridgehead atoms. The molecule has 2 aliphatic heterocycles. The van der Waals surface area contributed by atoms with Crippen molar-refractivity contribution in [3.8, 4) is 0 Å². The number of likely N-dealkylation sites (tertiary alicyclic amines) is 1. The van der Waals surface area contributed by atoms with Crippen LogP contribution in [-0.4, -0.2) is 38.7 Å². The molecule has 7 nitrogen and oxygen atoms in total. The first-order valence-corrected chi connectivity index (χ1v) is 12.7. The maximum atomic E-state index is 13.0. The van der Waals surface area contributed by atoms with Crippen LogP contribution in [0.4, 0.5) is 5.69 Å². The molecule has 0 radical (unpaired) electrons. The van der Waals surface area contributed by atoms with Gasteiger partial charge in [0.25, 0.3) is 0 Å². The second-order valence-corrected chi connectivity index (χ2v) is 9.99. The lowest BCUT2D eigenvalue weighted by Gasteiger charge is -2.45. The summed E-state index contributed by atoms with van der Waals surface area (Å²) in [6.07, 6.45) is 10.1. The fraction of sp³-hybridized carbons (Fsp3) is 0.556. The van der Waals surface area contributed by atoms with E-state index in [9.17, 15) is 4.79 Å². The molecule has 7 heteroatoms. The summed E-state index contributed by atoms with van der Waals surface area (Å²) < 4.78 is 0. The highest BCUT2D eigenvalue weighted by atomic mass is 16.1. The first kappa shape index (κ1) is 24.3. The van der Waals surface area contributed by atoms with Crippen LogP contribution in [0.5, 0.6) is 0 Å². The first-order valence-electron chi connectivity index (χ1n) is 12.7. The summed E-state index contributed by atoms with van der Waals surface area (Å²) in [5.41, 5.74) is 9.88. The number of aromatic nitrogens is 2. The van der Waals surface area contributed by atoms with Gasteiger partial charge in [-0.1, -0.05) is 38.3 Å². The van der Waals surface area contributed by atoms with E-state index in [4.69, 9.17) is 11.1 Å². The van der Waals surface area contributed by atoms with E-state index in [0.29, 0.717) is 31.0 Å². The highest BCUT2D eigenvalue weighted by molar-refractivity contribution is 5.96. The summed E-state index contributed by atoms with van der Waals surface area (Å²) in [6, 6.07) is 9.69. The first-order chi connectivity index (χ1) is 16.4. The van der Waals surface area contributed by atoms with Crippen molar-refractivity contribution in [3.63, 3.8) is 0 Å². The van der Waals surface area contributed by atoms with Gasteiger partial charge in [0.05, 0.1) is 0 Å². The molecule has 1 aromatic carbocycles. The second-order valence-electron chi connectivity index (χ2n) is 9.99. The maximum Gasteiger partial charge on any atom is 0.228 e. The molecule has 1 amide bonds. The Morgan fingerprint density at radius 3 is 2.74 bits per heavy atom. The van der Waals surface area contributed by atoms with E-state index in [1.165, 1.54) is 43.2 Å². The number of rotatable bonds is 8. The summed E-state index contributed by atoms with van der Waals surface area (Å²) in [6.45, 7) is 7.00. The normalized spacial score (nSPS) is 23.7. The molecule has 0 saturated carbocycles. The number of nitrogens with zero attached hydrogens (tertiary/aromatic N) is 3. The minimum absolute atomic E-state index is 0.0254. The third-order valence-electron chi connectivity index (χ3n) is 7.51. The van der Waals surface area contributed by atoms with Gasteiger partial charge in [0.15, 0.2) is 11.7 Å². The van der Waals surface area contributed by atoms with Crippen LogP contribution in [0.25, 0.3) is 0 Å². The number of benzene rings is 1. The van der Waals surface area contributed by atoms with Gasteiger partial charge in [-0.05, 0) is 62.8 Å². The Kier molecular flexibility index (Phi) is 7.61. The number of piperidine rings is 1. The Balaban J connectivity index is 1.65. The SMILES string of the molecule is CCCCC(c1cccc2c1CC(Cc1ccnc(C(=N)N)n1)C(=O)N2)N1C(C)CCCC1C. The summed E-state index contributed by atoms with van der Waals surface area (Å²) in [5, 5.41) is 10.8. The standard InChI is InChI=1S/C27H38N6O/c1-4-5-12-24(33-17(2)8-6-9-18(33)3)21-10-7-11-23-22(21)16-19(27(34)32-23)15-20-13-14-30-26(31-20)25(28)29/h7,10-11,13-14,17-19,24H,4-6,8-9,12,15-16H2,1-3H3,(H3,28,29)(H,32,34). The van der Waals surface area contributed by atoms with Crippen LogP contribution < -0.4 is 11.1 Å². The van der Waals surface area contributed by atoms with Crippen LogP contribution in [-0.2, 0) is 17.6 Å². The van der Waals surface area contributed by atoms with E-state index in [1.54, 1.807) is 6.20 Å². The molecule has 34 heavy (non-hydrogen) atoms. The highest BCUT2D eigenvalue weighted by Gasteiger charge is 2.35. The van der Waals surface area contributed by atoms with Crippen molar-refractivity contribution in [2.75, 3.05) is 5.32 Å². The van der Waals surface area contributed by atoms with E-state index < -0.39 is 0 Å². The van der Waals surface area contributed by atoms with Gasteiger partial charge in [-0.25, -0.2) is 9.97 Å². The minimum Gasteiger partial charge on any atom is -0.381 e. The Labute approximate surface area is 203 Å². The van der Waals surface area contributed by atoms with Crippen molar-refractivity contribution < 1.29 is 4.79 Å². The van der Waals surface area contributed by atoms with Crippen LogP contribution in [0.15, 0.2) is 30.5 Å². The Hall–Kier alpha value is -2.80. The molecule has 3 heterocycles. The second kappa shape index (κ2) is 10.6. The van der Waals surface area contributed by atoms with E-state index in [0.717, 1.165) is 17.8 Å². The number of carbonyl (C=O) groups excluding carboxylic acids is 1. The average molecular weight is 463 g/mol. The van der Waals surface area contributed by atoms with Crippen LogP contribution in [0.2, 0.25) is 0 Å². The predicted molar refractivity (Wildman–Crippen MR) is 136 cm³/mol. The molecule has 182 valence electrons. The summed E-state index contributed by atoms with van der Waals surface area (Å²) in [5.74, 6) is -0.141. The number of unbranched alkanes of at least 4 members (excludes halogenated alkanes) is 1. The molecule has 0 spiro atoms. The number of carbonyl (C=O) groups is 1. The minimum atomic E-state index is -0.216. The van der Waals surface area contributed by atoms with Crippen LogP contribution >= 0.6 is 0 Å². The lowest BCUT2D eigenvalue weighted by Crippen LogP contribution is -2.46. The van der Waals surface area contributed by atoms with Crippen molar-refractivity contribution in [3.05, 3.63) is 53.1 Å². The fourth-order valence-corrected chi connectivity index (χ4v) is 5.81. The number of amides is 1. The number of hydrogen-bond donors (Lipinski definition) is 3. The van der Waals surface area contributed by atoms with Crippen molar-refractivity contribution in [1.29, 1.82) is 5.41 Å². The highest BCUT2D eigenvalue weighted by Crippen LogP contribution is 2.40. The number of amidine groups is 1. The predicted octanol–water partition coefficient (Wildman–Crippen LogP) is 4.61. The number of fused-ring (bicyclic) bond motifs is 1. The van der Waals surface area contributed by atoms with Crippen molar-refractivity contribution in [2.24, 2.45) is 11.7 Å². The Morgan fingerprint density at radius 1 is 1.26 bits per heavy atom.